The molecule has 0 unspecified atom stereocenters. The van der Waals surface area contributed by atoms with Crippen molar-refractivity contribution >= 4 is 61.3 Å². The van der Waals surface area contributed by atoms with Crippen molar-refractivity contribution in [2.75, 3.05) is 18.9 Å². The van der Waals surface area contributed by atoms with E-state index in [0.29, 0.717) is 23.9 Å². The van der Waals surface area contributed by atoms with Crippen LogP contribution >= 0.6 is 11.3 Å². The van der Waals surface area contributed by atoms with Gasteiger partial charge in [0.2, 0.25) is 6.20 Å². The molecule has 2 amide bonds. The van der Waals surface area contributed by atoms with Gasteiger partial charge in [-0.1, -0.05) is 5.16 Å². The van der Waals surface area contributed by atoms with Gasteiger partial charge < -0.3 is 31.5 Å². The molecule has 0 bridgehead atoms. The van der Waals surface area contributed by atoms with Crippen molar-refractivity contribution in [3.05, 3.63) is 35.5 Å². The fourth-order valence-electron chi connectivity index (χ4n) is 4.33. The minimum atomic E-state index is -5.01. The standard InChI is InChI=1S/C24H30N8O10S2/c1-24(2)19(21(34)32(24)42-44(37,38)39)28-20(33)18(15-12-43-23(26)27-15)29-41-17(22(35)36)11-40-14-5-6-16-13(9-14)10-31(30(16)3)8-4-7-25/h5-6,9-10,12,17,19H,4,7-8,11,25H2,1-3H3,(H4-,26,27,28,33,35,36,37,38,39)/p+1/b29-18-/t17-,19+/m0/s1. The van der Waals surface area contributed by atoms with Crippen molar-refractivity contribution < 1.29 is 51.0 Å². The van der Waals surface area contributed by atoms with E-state index < -0.39 is 58.2 Å². The summed E-state index contributed by atoms with van der Waals surface area (Å²) >= 11 is 0.962. The molecule has 238 valence electrons. The van der Waals surface area contributed by atoms with E-state index in [0.717, 1.165) is 28.7 Å². The number of carboxylic acid groups (broad SMARTS) is 1. The van der Waals surface area contributed by atoms with E-state index in [1.54, 1.807) is 12.1 Å². The molecule has 7 N–H and O–H groups in total. The number of oxime groups is 1. The molecule has 0 aliphatic carbocycles. The maximum absolute atomic E-state index is 13.2. The molecule has 3 heterocycles. The first-order valence-corrected chi connectivity index (χ1v) is 15.2. The summed E-state index contributed by atoms with van der Waals surface area (Å²) in [6.45, 7) is 3.50. The minimum Gasteiger partial charge on any atom is -0.489 e. The van der Waals surface area contributed by atoms with Crippen LogP contribution < -0.4 is 26.2 Å². The molecule has 1 aromatic carbocycles. The molecule has 18 nitrogen and oxygen atoms in total. The van der Waals surface area contributed by atoms with E-state index in [1.165, 1.54) is 19.2 Å². The lowest BCUT2D eigenvalue weighted by molar-refractivity contribution is -0.771. The van der Waals surface area contributed by atoms with Gasteiger partial charge in [-0.25, -0.2) is 9.78 Å². The molecule has 1 saturated heterocycles. The number of benzene rings is 1. The highest BCUT2D eigenvalue weighted by Gasteiger charge is 2.58. The average molecular weight is 656 g/mol. The fraction of sp³-hybridized carbons (Fsp3) is 0.417. The zero-order valence-electron chi connectivity index (χ0n) is 23.7. The topological polar surface area (TPSA) is 255 Å². The number of nitrogens with one attached hydrogen (secondary N) is 1. The Morgan fingerprint density at radius 1 is 1.34 bits per heavy atom. The van der Waals surface area contributed by atoms with Crippen LogP contribution in [0.3, 0.4) is 0 Å². The number of hydrogen-bond donors (Lipinski definition) is 5. The molecule has 1 aliphatic rings. The number of aryl methyl sites for hydroxylation is 2. The third-order valence-corrected chi connectivity index (χ3v) is 7.67. The molecule has 3 aromatic rings. The molecule has 2 aromatic heterocycles. The zero-order valence-corrected chi connectivity index (χ0v) is 25.4. The van der Waals surface area contributed by atoms with Crippen LogP contribution in [0.1, 0.15) is 26.0 Å². The number of rotatable bonds is 14. The molecule has 0 saturated carbocycles. The summed E-state index contributed by atoms with van der Waals surface area (Å²) in [6, 6.07) is 3.90. The number of ether oxygens (including phenoxy) is 1. The molecular weight excluding hydrogens is 624 g/mol. The van der Waals surface area contributed by atoms with Gasteiger partial charge in [0.05, 0.1) is 18.0 Å². The second-order valence-electron chi connectivity index (χ2n) is 10.1. The predicted octanol–water partition coefficient (Wildman–Crippen LogP) is -1.05. The Kier molecular flexibility index (Phi) is 9.39. The highest BCUT2D eigenvalue weighted by molar-refractivity contribution is 7.80. The van der Waals surface area contributed by atoms with Gasteiger partial charge in [-0.05, 0) is 38.6 Å². The predicted molar refractivity (Wildman–Crippen MR) is 153 cm³/mol. The van der Waals surface area contributed by atoms with Crippen LogP contribution in [-0.4, -0.2) is 87.1 Å². The van der Waals surface area contributed by atoms with Crippen molar-refractivity contribution in [1.82, 2.24) is 20.0 Å². The Morgan fingerprint density at radius 2 is 2.07 bits per heavy atom. The van der Waals surface area contributed by atoms with Crippen molar-refractivity contribution in [3.63, 3.8) is 0 Å². The van der Waals surface area contributed by atoms with E-state index in [2.05, 4.69) is 19.7 Å². The van der Waals surface area contributed by atoms with Crippen molar-refractivity contribution in [2.24, 2.45) is 17.9 Å². The number of aliphatic carboxylic acids is 1. The van der Waals surface area contributed by atoms with Gasteiger partial charge in [0.1, 0.15) is 29.6 Å². The van der Waals surface area contributed by atoms with Crippen molar-refractivity contribution in [2.45, 2.75) is 44.5 Å². The third kappa shape index (κ3) is 7.05. The summed E-state index contributed by atoms with van der Waals surface area (Å²) < 4.78 is 45.0. The number of anilines is 1. The Morgan fingerprint density at radius 3 is 2.66 bits per heavy atom. The van der Waals surface area contributed by atoms with Gasteiger partial charge in [0.15, 0.2) is 17.4 Å². The lowest BCUT2D eigenvalue weighted by atomic mass is 9.84. The van der Waals surface area contributed by atoms with E-state index in [9.17, 15) is 27.9 Å². The molecule has 0 radical (unpaired) electrons. The smallest absolute Gasteiger partial charge is 0.418 e. The summed E-state index contributed by atoms with van der Waals surface area (Å²) in [5.74, 6) is -3.09. The minimum absolute atomic E-state index is 0.0621. The van der Waals surface area contributed by atoms with Crippen LogP contribution in [0.2, 0.25) is 0 Å². The molecule has 20 heteroatoms. The molecule has 44 heavy (non-hydrogen) atoms. The zero-order chi connectivity index (χ0) is 32.4. The summed E-state index contributed by atoms with van der Waals surface area (Å²) in [6.07, 6.45) is 1.04. The van der Waals surface area contributed by atoms with Gasteiger partial charge in [-0.2, -0.15) is 18.2 Å². The summed E-state index contributed by atoms with van der Waals surface area (Å²) in [5, 5.41) is 18.5. The summed E-state index contributed by atoms with van der Waals surface area (Å²) in [7, 11) is -3.11. The van der Waals surface area contributed by atoms with Crippen LogP contribution in [0.4, 0.5) is 5.13 Å². The summed E-state index contributed by atoms with van der Waals surface area (Å²) in [5.41, 5.74) is 10.2. The number of amides is 2. The third-order valence-electron chi connectivity index (χ3n) is 6.66. The Bertz CT molecular complexity index is 1720. The number of β-lactam (4-membered cyclic amide) rings is 1. The monoisotopic (exact) mass is 655 g/mol. The van der Waals surface area contributed by atoms with E-state index in [4.69, 9.17) is 25.6 Å². The first-order chi connectivity index (χ1) is 20.6. The maximum atomic E-state index is 13.2. The second-order valence-corrected chi connectivity index (χ2v) is 12.0. The molecule has 2 atom stereocenters. The van der Waals surface area contributed by atoms with Gasteiger partial charge in [-0.15, -0.1) is 20.3 Å². The number of nitrogens with two attached hydrogens (primary N) is 2. The summed E-state index contributed by atoms with van der Waals surface area (Å²) in [4.78, 5) is 46.8. The number of hydroxylamine groups is 2. The number of carbonyl (C=O) groups is 3. The number of hydrogen-bond acceptors (Lipinski definition) is 13. The molecule has 1 aliphatic heterocycles. The normalized spacial score (nSPS) is 17.3. The van der Waals surface area contributed by atoms with E-state index >= 15 is 0 Å². The highest BCUT2D eigenvalue weighted by atomic mass is 32.3. The molecular formula is C24H31N8O10S2+. The van der Waals surface area contributed by atoms with Crippen LogP contribution in [0.5, 0.6) is 5.75 Å². The van der Waals surface area contributed by atoms with Crippen LogP contribution in [0.25, 0.3) is 10.9 Å². The van der Waals surface area contributed by atoms with E-state index in [-0.39, 0.29) is 10.8 Å². The lowest BCUT2D eigenvalue weighted by Gasteiger charge is -2.50. The Hall–Kier alpha value is -4.37. The average Bonchev–Trinajstić information content (AvgIpc) is 3.52. The number of nitrogens with zero attached hydrogens (tertiary/aromatic N) is 5. The number of nitrogen functional groups attached to an aromatic ring is 1. The van der Waals surface area contributed by atoms with Crippen LogP contribution in [0.15, 0.2) is 34.9 Å². The van der Waals surface area contributed by atoms with Crippen LogP contribution in [0, 0.1) is 0 Å². The molecule has 4 rings (SSSR count). The van der Waals surface area contributed by atoms with E-state index in [1.807, 2.05) is 28.7 Å². The number of thiazole rings is 1. The molecule has 1 fully saturated rings. The SMILES string of the molecule is Cn1c2ccc(OC[C@H](O/N=C(\C(=O)N[C@@H]3C(=O)N(OS(=O)(=O)O)C3(C)C)c3csc(N)n3)C(=O)O)cc2c[n+]1CCCN. The fourth-order valence-corrected chi connectivity index (χ4v) is 5.33. The quantitative estimate of drug-likeness (QED) is 0.0457. The number of carbonyl (C=O) groups excluding carboxylic acids is 2. The number of carboxylic acids is 1. The first-order valence-electron chi connectivity index (χ1n) is 12.9. The Labute approximate surface area is 254 Å². The lowest BCUT2D eigenvalue weighted by Crippen LogP contribution is -2.76. The Balaban J connectivity index is 1.49. The van der Waals surface area contributed by atoms with Gasteiger partial charge >= 0.3 is 16.4 Å². The second kappa shape index (κ2) is 12.7. The van der Waals surface area contributed by atoms with Gasteiger partial charge in [0.25, 0.3) is 17.9 Å². The maximum Gasteiger partial charge on any atom is 0.418 e. The first kappa shape index (κ1) is 32.5. The van der Waals surface area contributed by atoms with Crippen LogP contribution in [-0.2, 0) is 47.5 Å². The van der Waals surface area contributed by atoms with Crippen molar-refractivity contribution in [1.29, 1.82) is 0 Å². The highest BCUT2D eigenvalue weighted by Crippen LogP contribution is 2.33. The van der Waals surface area contributed by atoms with Gasteiger partial charge in [-0.3, -0.25) is 14.1 Å². The van der Waals surface area contributed by atoms with Crippen molar-refractivity contribution in [3.8, 4) is 5.75 Å². The number of fused-ring (bicyclic) bond motifs is 1. The molecule has 0 spiro atoms. The largest absolute Gasteiger partial charge is 0.489 e. The van der Waals surface area contributed by atoms with Gasteiger partial charge in [0, 0.05) is 11.8 Å². The number of aromatic nitrogens is 3.